The van der Waals surface area contributed by atoms with Gasteiger partial charge >= 0.3 is 6.09 Å². The van der Waals surface area contributed by atoms with Crippen molar-refractivity contribution in [2.75, 3.05) is 18.8 Å². The lowest BCUT2D eigenvalue weighted by atomic mass is 10.0. The minimum absolute atomic E-state index is 0.189. The molecule has 2 fully saturated rings. The molecule has 5 nitrogen and oxygen atoms in total. The van der Waals surface area contributed by atoms with E-state index in [0.29, 0.717) is 25.4 Å². The Bertz CT molecular complexity index is 634. The average molecular weight is 362 g/mol. The lowest BCUT2D eigenvalue weighted by Crippen LogP contribution is -2.53. The average Bonchev–Trinajstić information content (AvgIpc) is 2.85. The molecule has 2 amide bonds. The van der Waals surface area contributed by atoms with Crippen LogP contribution in [0, 0.1) is 0 Å². The van der Waals surface area contributed by atoms with Gasteiger partial charge in [0, 0.05) is 19.6 Å². The van der Waals surface area contributed by atoms with Crippen molar-refractivity contribution in [2.45, 2.75) is 50.6 Å². The van der Waals surface area contributed by atoms with Gasteiger partial charge in [-0.1, -0.05) is 30.3 Å². The number of thioether (sulfide) groups is 1. The smallest absolute Gasteiger partial charge is 0.410 e. The Morgan fingerprint density at radius 1 is 1.20 bits per heavy atom. The third-order valence-corrected chi connectivity index (χ3v) is 6.19. The van der Waals surface area contributed by atoms with E-state index >= 15 is 0 Å². The predicted molar refractivity (Wildman–Crippen MR) is 99.2 cm³/mol. The number of ether oxygens (including phenoxy) is 1. The van der Waals surface area contributed by atoms with E-state index < -0.39 is 5.60 Å². The van der Waals surface area contributed by atoms with Crippen molar-refractivity contribution in [1.82, 2.24) is 9.80 Å². The third-order valence-electron chi connectivity index (χ3n) is 4.64. The fraction of sp³-hybridized carbons (Fsp3) is 0.579. The fourth-order valence-corrected chi connectivity index (χ4v) is 4.70. The van der Waals surface area contributed by atoms with Crippen LogP contribution in [0.15, 0.2) is 30.3 Å². The standard InChI is InChI=1S/C19H26N2O3S/c1-18(2,3)24-17(23)20-11-9-19(10-12-20)21(16(22)14-25-19)13-15-7-5-4-6-8-15/h4-8H,9-14H2,1-3H3. The van der Waals surface area contributed by atoms with Crippen molar-refractivity contribution < 1.29 is 14.3 Å². The van der Waals surface area contributed by atoms with Gasteiger partial charge in [-0.15, -0.1) is 11.8 Å². The van der Waals surface area contributed by atoms with Gasteiger partial charge in [-0.3, -0.25) is 4.79 Å². The van der Waals surface area contributed by atoms with E-state index in [0.717, 1.165) is 18.4 Å². The van der Waals surface area contributed by atoms with Crippen molar-refractivity contribution in [3.05, 3.63) is 35.9 Å². The number of hydrogen-bond acceptors (Lipinski definition) is 4. The molecule has 6 heteroatoms. The van der Waals surface area contributed by atoms with E-state index in [-0.39, 0.29) is 16.9 Å². The molecular weight excluding hydrogens is 336 g/mol. The quantitative estimate of drug-likeness (QED) is 0.808. The van der Waals surface area contributed by atoms with E-state index in [4.69, 9.17) is 4.74 Å². The number of piperidine rings is 1. The lowest BCUT2D eigenvalue weighted by molar-refractivity contribution is -0.131. The molecule has 0 unspecified atom stereocenters. The second kappa shape index (κ2) is 6.90. The number of carbonyl (C=O) groups is 2. The molecule has 0 aliphatic carbocycles. The van der Waals surface area contributed by atoms with Crippen LogP contribution in [0.2, 0.25) is 0 Å². The summed E-state index contributed by atoms with van der Waals surface area (Å²) in [5, 5.41) is 0. The van der Waals surface area contributed by atoms with Gasteiger partial charge in [-0.05, 0) is 39.2 Å². The zero-order chi connectivity index (χ0) is 18.1. The zero-order valence-corrected chi connectivity index (χ0v) is 16.0. The van der Waals surface area contributed by atoms with Crippen molar-refractivity contribution in [3.63, 3.8) is 0 Å². The van der Waals surface area contributed by atoms with Crippen molar-refractivity contribution in [2.24, 2.45) is 0 Å². The molecular formula is C19H26N2O3S. The van der Waals surface area contributed by atoms with E-state index in [1.165, 1.54) is 0 Å². The van der Waals surface area contributed by atoms with Crippen LogP contribution in [-0.2, 0) is 16.1 Å². The van der Waals surface area contributed by atoms with Crippen LogP contribution in [0.4, 0.5) is 4.79 Å². The van der Waals surface area contributed by atoms with Gasteiger partial charge in [0.25, 0.3) is 0 Å². The van der Waals surface area contributed by atoms with E-state index in [1.54, 1.807) is 16.7 Å². The van der Waals surface area contributed by atoms with Crippen molar-refractivity contribution in [3.8, 4) is 0 Å². The molecule has 0 saturated carbocycles. The van der Waals surface area contributed by atoms with Crippen LogP contribution < -0.4 is 0 Å². The van der Waals surface area contributed by atoms with Crippen LogP contribution in [0.25, 0.3) is 0 Å². The summed E-state index contributed by atoms with van der Waals surface area (Å²) < 4.78 is 5.47. The van der Waals surface area contributed by atoms with Gasteiger partial charge in [-0.25, -0.2) is 4.79 Å². The number of carbonyl (C=O) groups excluding carboxylic acids is 2. The molecule has 2 aliphatic rings. The van der Waals surface area contributed by atoms with Crippen LogP contribution in [0.1, 0.15) is 39.2 Å². The minimum Gasteiger partial charge on any atom is -0.444 e. The molecule has 0 bridgehead atoms. The Kier molecular flexibility index (Phi) is 5.00. The maximum atomic E-state index is 12.5. The molecule has 3 rings (SSSR count). The molecule has 2 heterocycles. The largest absolute Gasteiger partial charge is 0.444 e. The maximum absolute atomic E-state index is 12.5. The van der Waals surface area contributed by atoms with Gasteiger partial charge in [0.05, 0.1) is 10.6 Å². The number of likely N-dealkylation sites (tertiary alicyclic amines) is 1. The number of nitrogens with zero attached hydrogens (tertiary/aromatic N) is 2. The first-order valence-corrected chi connectivity index (χ1v) is 9.74. The molecule has 0 radical (unpaired) electrons. The van der Waals surface area contributed by atoms with Crippen LogP contribution in [-0.4, -0.2) is 51.1 Å². The SMILES string of the molecule is CC(C)(C)OC(=O)N1CCC2(CC1)SCC(=O)N2Cc1ccccc1. The summed E-state index contributed by atoms with van der Waals surface area (Å²) in [6.45, 7) is 7.52. The summed E-state index contributed by atoms with van der Waals surface area (Å²) in [5.41, 5.74) is 0.663. The minimum atomic E-state index is -0.483. The van der Waals surface area contributed by atoms with E-state index in [9.17, 15) is 9.59 Å². The highest BCUT2D eigenvalue weighted by Gasteiger charge is 2.48. The number of amides is 2. The first kappa shape index (κ1) is 18.1. The van der Waals surface area contributed by atoms with Gasteiger partial charge in [-0.2, -0.15) is 0 Å². The molecule has 25 heavy (non-hydrogen) atoms. The molecule has 2 aliphatic heterocycles. The first-order chi connectivity index (χ1) is 11.8. The Hall–Kier alpha value is -1.69. The predicted octanol–water partition coefficient (Wildman–Crippen LogP) is 3.49. The molecule has 1 aromatic rings. The van der Waals surface area contributed by atoms with E-state index in [2.05, 4.69) is 12.1 Å². The summed E-state index contributed by atoms with van der Waals surface area (Å²) in [5.74, 6) is 0.721. The molecule has 2 saturated heterocycles. The first-order valence-electron chi connectivity index (χ1n) is 8.75. The summed E-state index contributed by atoms with van der Waals surface area (Å²) in [6.07, 6.45) is 1.32. The van der Waals surface area contributed by atoms with Gasteiger partial charge in [0.15, 0.2) is 0 Å². The Morgan fingerprint density at radius 2 is 1.84 bits per heavy atom. The molecule has 0 aromatic heterocycles. The normalized spacial score (nSPS) is 20.2. The zero-order valence-electron chi connectivity index (χ0n) is 15.2. The second-order valence-corrected chi connectivity index (χ2v) is 9.01. The molecule has 1 spiro atoms. The maximum Gasteiger partial charge on any atom is 0.410 e. The summed E-state index contributed by atoms with van der Waals surface area (Å²) >= 11 is 1.73. The van der Waals surface area contributed by atoms with Crippen molar-refractivity contribution in [1.29, 1.82) is 0 Å². The Labute approximate surface area is 153 Å². The molecule has 0 N–H and O–H groups in total. The van der Waals surface area contributed by atoms with Gasteiger partial charge in [0.1, 0.15) is 5.60 Å². The van der Waals surface area contributed by atoms with Gasteiger partial charge in [0.2, 0.25) is 5.91 Å². The summed E-state index contributed by atoms with van der Waals surface area (Å²) in [4.78, 5) is 28.3. The number of hydrogen-bond donors (Lipinski definition) is 0. The van der Waals surface area contributed by atoms with Gasteiger partial charge < -0.3 is 14.5 Å². The Morgan fingerprint density at radius 3 is 2.44 bits per heavy atom. The highest BCUT2D eigenvalue weighted by Crippen LogP contribution is 2.45. The van der Waals surface area contributed by atoms with Crippen molar-refractivity contribution >= 4 is 23.8 Å². The monoisotopic (exact) mass is 362 g/mol. The molecule has 0 atom stereocenters. The van der Waals surface area contributed by atoms with Crippen LogP contribution >= 0.6 is 11.8 Å². The van der Waals surface area contributed by atoms with Crippen LogP contribution in [0.5, 0.6) is 0 Å². The van der Waals surface area contributed by atoms with E-state index in [1.807, 2.05) is 43.9 Å². The summed E-state index contributed by atoms with van der Waals surface area (Å²) in [7, 11) is 0. The Balaban J connectivity index is 1.66. The second-order valence-electron chi connectivity index (χ2n) is 7.67. The van der Waals surface area contributed by atoms with Crippen LogP contribution in [0.3, 0.4) is 0 Å². The third kappa shape index (κ3) is 4.11. The highest BCUT2D eigenvalue weighted by molar-refractivity contribution is 8.01. The number of rotatable bonds is 2. The summed E-state index contributed by atoms with van der Waals surface area (Å²) in [6, 6.07) is 10.1. The lowest BCUT2D eigenvalue weighted by Gasteiger charge is -2.44. The fourth-order valence-electron chi connectivity index (χ4n) is 3.36. The topological polar surface area (TPSA) is 49.9 Å². The molecule has 1 aromatic carbocycles. The molecule has 136 valence electrons. The number of benzene rings is 1. The highest BCUT2D eigenvalue weighted by atomic mass is 32.2.